The molecule has 0 unspecified atom stereocenters. The number of benzene rings is 1. The van der Waals surface area contributed by atoms with E-state index >= 15 is 0 Å². The minimum atomic E-state index is 0.579. The van der Waals surface area contributed by atoms with Crippen molar-refractivity contribution in [2.24, 2.45) is 5.73 Å². The molecule has 0 aliphatic rings. The highest BCUT2D eigenvalue weighted by Crippen LogP contribution is 2.16. The van der Waals surface area contributed by atoms with Crippen LogP contribution >= 0.6 is 12.6 Å². The van der Waals surface area contributed by atoms with Crippen LogP contribution in [0.5, 0.6) is 0 Å². The fourth-order valence-electron chi connectivity index (χ4n) is 1.29. The van der Waals surface area contributed by atoms with Crippen molar-refractivity contribution in [1.29, 1.82) is 0 Å². The summed E-state index contributed by atoms with van der Waals surface area (Å²) in [5, 5.41) is 0. The maximum atomic E-state index is 5.72. The highest BCUT2D eigenvalue weighted by Gasteiger charge is 1.95. The summed E-state index contributed by atoms with van der Waals surface area (Å²) in [7, 11) is 0. The second kappa shape index (κ2) is 6.16. The van der Waals surface area contributed by atoms with Gasteiger partial charge >= 0.3 is 0 Å². The number of thiol groups is 1. The third-order valence-electron chi connectivity index (χ3n) is 2.45. The van der Waals surface area contributed by atoms with Crippen molar-refractivity contribution in [3.63, 3.8) is 0 Å². The van der Waals surface area contributed by atoms with Gasteiger partial charge in [0, 0.05) is 10.6 Å². The fraction of sp³-hybridized carbons (Fsp3) is 0.0667. The maximum Gasteiger partial charge on any atom is 0.0443 e. The van der Waals surface area contributed by atoms with Gasteiger partial charge < -0.3 is 5.73 Å². The van der Waals surface area contributed by atoms with Gasteiger partial charge in [-0.1, -0.05) is 49.6 Å². The largest absolute Gasteiger partial charge is 0.398 e. The molecule has 17 heavy (non-hydrogen) atoms. The summed E-state index contributed by atoms with van der Waals surface area (Å²) < 4.78 is 0. The molecule has 1 aromatic carbocycles. The van der Waals surface area contributed by atoms with Crippen molar-refractivity contribution in [1.82, 2.24) is 0 Å². The summed E-state index contributed by atoms with van der Waals surface area (Å²) in [5.74, 6) is 0. The van der Waals surface area contributed by atoms with Crippen molar-refractivity contribution in [3.05, 3.63) is 71.3 Å². The number of rotatable bonds is 4. The summed E-state index contributed by atoms with van der Waals surface area (Å²) in [6.07, 6.45) is 5.59. The Morgan fingerprint density at radius 1 is 1.24 bits per heavy atom. The Labute approximate surface area is 108 Å². The molecule has 1 rings (SSSR count). The minimum Gasteiger partial charge on any atom is -0.398 e. The zero-order valence-corrected chi connectivity index (χ0v) is 10.9. The van der Waals surface area contributed by atoms with Crippen LogP contribution in [0.2, 0.25) is 0 Å². The van der Waals surface area contributed by atoms with E-state index in [-0.39, 0.29) is 0 Å². The van der Waals surface area contributed by atoms with Gasteiger partial charge in [-0.05, 0) is 29.7 Å². The summed E-state index contributed by atoms with van der Waals surface area (Å²) in [6, 6.07) is 8.18. The van der Waals surface area contributed by atoms with E-state index in [1.807, 2.05) is 37.3 Å². The Morgan fingerprint density at radius 3 is 2.29 bits per heavy atom. The van der Waals surface area contributed by atoms with E-state index in [9.17, 15) is 0 Å². The first kappa shape index (κ1) is 13.4. The molecule has 0 saturated carbocycles. The molecule has 0 bridgehead atoms. The molecule has 0 fully saturated rings. The lowest BCUT2D eigenvalue weighted by molar-refractivity contribution is 1.41. The molecule has 0 saturated heterocycles. The molecule has 88 valence electrons. The van der Waals surface area contributed by atoms with E-state index in [0.29, 0.717) is 10.6 Å². The lowest BCUT2D eigenvalue weighted by Crippen LogP contribution is -1.94. The first-order valence-electron chi connectivity index (χ1n) is 5.29. The second-order valence-electron chi connectivity index (χ2n) is 3.74. The second-order valence-corrected chi connectivity index (χ2v) is 4.28. The Kier molecular flexibility index (Phi) is 4.85. The standard InChI is InChI=1S/C15H17NS/c1-4-13-6-8-14(9-7-13)11(2)5-10-15(16)12(3)17/h4-10,17H,1,3,16H2,2H3/b11-5+,15-10+. The van der Waals surface area contributed by atoms with Gasteiger partial charge in [-0.2, -0.15) is 0 Å². The van der Waals surface area contributed by atoms with Crippen LogP contribution in [0.1, 0.15) is 18.1 Å². The summed E-state index contributed by atoms with van der Waals surface area (Å²) >= 11 is 4.08. The van der Waals surface area contributed by atoms with E-state index in [2.05, 4.69) is 37.9 Å². The van der Waals surface area contributed by atoms with Crippen LogP contribution in [0, 0.1) is 0 Å². The van der Waals surface area contributed by atoms with E-state index in [4.69, 9.17) is 5.73 Å². The van der Waals surface area contributed by atoms with Crippen LogP contribution in [0.4, 0.5) is 0 Å². The molecular weight excluding hydrogens is 226 g/mol. The van der Waals surface area contributed by atoms with Gasteiger partial charge in [-0.25, -0.2) is 0 Å². The smallest absolute Gasteiger partial charge is 0.0443 e. The molecule has 0 aromatic heterocycles. The summed E-state index contributed by atoms with van der Waals surface area (Å²) in [4.78, 5) is 0.580. The highest BCUT2D eigenvalue weighted by atomic mass is 32.1. The molecule has 0 atom stereocenters. The molecule has 0 aliphatic heterocycles. The monoisotopic (exact) mass is 243 g/mol. The zero-order chi connectivity index (χ0) is 12.8. The third-order valence-corrected chi connectivity index (χ3v) is 2.71. The van der Waals surface area contributed by atoms with Gasteiger partial charge in [-0.3, -0.25) is 0 Å². The van der Waals surface area contributed by atoms with Gasteiger partial charge in [0.05, 0.1) is 0 Å². The van der Waals surface area contributed by atoms with Crippen LogP contribution in [-0.4, -0.2) is 0 Å². The third kappa shape index (κ3) is 4.00. The Balaban J connectivity index is 2.92. The van der Waals surface area contributed by atoms with Gasteiger partial charge in [0.1, 0.15) is 0 Å². The summed E-state index contributed by atoms with van der Waals surface area (Å²) in [6.45, 7) is 9.42. The fourth-order valence-corrected chi connectivity index (χ4v) is 1.36. The first-order chi connectivity index (χ1) is 8.04. The first-order valence-corrected chi connectivity index (χ1v) is 5.74. The molecule has 0 amide bonds. The van der Waals surface area contributed by atoms with E-state index < -0.39 is 0 Å². The summed E-state index contributed by atoms with van der Waals surface area (Å²) in [5.41, 5.74) is 9.70. The van der Waals surface area contributed by atoms with Crippen LogP contribution in [0.3, 0.4) is 0 Å². The number of allylic oxidation sites excluding steroid dienone is 3. The van der Waals surface area contributed by atoms with Gasteiger partial charge in [0.15, 0.2) is 0 Å². The van der Waals surface area contributed by atoms with Gasteiger partial charge in [0.25, 0.3) is 0 Å². The molecule has 0 spiro atoms. The molecule has 1 aromatic rings. The highest BCUT2D eigenvalue weighted by molar-refractivity contribution is 7.84. The molecule has 0 aliphatic carbocycles. The normalized spacial score (nSPS) is 12.4. The minimum absolute atomic E-state index is 0.579. The quantitative estimate of drug-likeness (QED) is 0.606. The molecule has 2 heteroatoms. The molecule has 0 heterocycles. The van der Waals surface area contributed by atoms with Crippen LogP contribution in [0.15, 0.2) is 60.2 Å². The zero-order valence-electron chi connectivity index (χ0n) is 9.98. The maximum absolute atomic E-state index is 5.72. The van der Waals surface area contributed by atoms with E-state index in [0.717, 1.165) is 16.7 Å². The topological polar surface area (TPSA) is 26.0 Å². The van der Waals surface area contributed by atoms with Crippen molar-refractivity contribution in [3.8, 4) is 0 Å². The average molecular weight is 243 g/mol. The molecular formula is C15H17NS. The molecule has 1 nitrogen and oxygen atoms in total. The van der Waals surface area contributed by atoms with E-state index in [1.54, 1.807) is 0 Å². The Hall–Kier alpha value is -1.67. The predicted octanol–water partition coefficient (Wildman–Crippen LogP) is 4.02. The number of hydrogen-bond donors (Lipinski definition) is 2. The Morgan fingerprint density at radius 2 is 1.82 bits per heavy atom. The van der Waals surface area contributed by atoms with Crippen molar-refractivity contribution in [2.45, 2.75) is 6.92 Å². The van der Waals surface area contributed by atoms with Crippen LogP contribution in [0.25, 0.3) is 11.6 Å². The van der Waals surface area contributed by atoms with Gasteiger partial charge in [0.2, 0.25) is 0 Å². The average Bonchev–Trinajstić information content (AvgIpc) is 2.35. The SMILES string of the molecule is C=Cc1ccc(/C(C)=C/C=C(/N)C(=C)S)cc1. The van der Waals surface area contributed by atoms with Gasteiger partial charge in [-0.15, -0.1) is 12.6 Å². The van der Waals surface area contributed by atoms with Crippen molar-refractivity contribution >= 4 is 24.3 Å². The van der Waals surface area contributed by atoms with Crippen molar-refractivity contribution in [2.75, 3.05) is 0 Å². The molecule has 0 radical (unpaired) electrons. The number of hydrogen-bond acceptors (Lipinski definition) is 2. The lowest BCUT2D eigenvalue weighted by atomic mass is 10.0. The predicted molar refractivity (Wildman–Crippen MR) is 80.6 cm³/mol. The lowest BCUT2D eigenvalue weighted by Gasteiger charge is -2.02. The number of nitrogens with two attached hydrogens (primary N) is 1. The van der Waals surface area contributed by atoms with Crippen molar-refractivity contribution < 1.29 is 0 Å². The van der Waals surface area contributed by atoms with Crippen LogP contribution < -0.4 is 5.73 Å². The molecule has 2 N–H and O–H groups in total. The Bertz CT molecular complexity index is 478. The van der Waals surface area contributed by atoms with E-state index in [1.165, 1.54) is 0 Å². The van der Waals surface area contributed by atoms with Crippen LogP contribution in [-0.2, 0) is 0 Å².